The van der Waals surface area contributed by atoms with Gasteiger partial charge in [0.25, 0.3) is 0 Å². The molecule has 2 nitrogen and oxygen atoms in total. The summed E-state index contributed by atoms with van der Waals surface area (Å²) < 4.78 is 26.0. The summed E-state index contributed by atoms with van der Waals surface area (Å²) in [5.74, 6) is -1.85. The average molecular weight is 305 g/mol. The number of benzene rings is 2. The van der Waals surface area contributed by atoms with E-state index in [0.717, 1.165) is 12.1 Å². The van der Waals surface area contributed by atoms with Gasteiger partial charge < -0.3 is 10.4 Å². The quantitative estimate of drug-likeness (QED) is 0.882. The number of rotatable bonds is 5. The summed E-state index contributed by atoms with van der Waals surface area (Å²) in [5.41, 5.74) is 5.19. The molecule has 22 heavy (non-hydrogen) atoms. The second kappa shape index (κ2) is 6.99. The summed E-state index contributed by atoms with van der Waals surface area (Å²) in [5, 5.41) is 13.2. The van der Waals surface area contributed by atoms with E-state index < -0.39 is 17.7 Å². The highest BCUT2D eigenvalue weighted by atomic mass is 19.2. The second-order valence-corrected chi connectivity index (χ2v) is 5.70. The number of halogens is 2. The van der Waals surface area contributed by atoms with E-state index in [-0.39, 0.29) is 6.54 Å². The molecular weight excluding hydrogens is 284 g/mol. The molecule has 0 spiro atoms. The lowest BCUT2D eigenvalue weighted by atomic mass is 10.00. The molecule has 1 atom stereocenters. The van der Waals surface area contributed by atoms with Crippen molar-refractivity contribution in [3.8, 4) is 0 Å². The lowest BCUT2D eigenvalue weighted by molar-refractivity contribution is 0.173. The first-order chi connectivity index (χ1) is 10.4. The van der Waals surface area contributed by atoms with Crippen LogP contribution in [0.3, 0.4) is 0 Å². The van der Waals surface area contributed by atoms with Gasteiger partial charge in [0, 0.05) is 13.1 Å². The minimum atomic E-state index is -0.943. The topological polar surface area (TPSA) is 32.3 Å². The largest absolute Gasteiger partial charge is 0.387 e. The normalized spacial score (nSPS) is 12.5. The van der Waals surface area contributed by atoms with E-state index in [4.69, 9.17) is 0 Å². The molecule has 4 heteroatoms. The van der Waals surface area contributed by atoms with E-state index in [0.29, 0.717) is 12.1 Å². The van der Waals surface area contributed by atoms with Crippen LogP contribution in [-0.2, 0) is 6.54 Å². The van der Waals surface area contributed by atoms with Crippen LogP contribution in [0.1, 0.15) is 33.9 Å². The van der Waals surface area contributed by atoms with E-state index in [1.807, 2.05) is 0 Å². The van der Waals surface area contributed by atoms with Crippen LogP contribution in [0.5, 0.6) is 0 Å². The molecule has 0 aliphatic rings. The Balaban J connectivity index is 1.97. The van der Waals surface area contributed by atoms with Gasteiger partial charge in [0.1, 0.15) is 0 Å². The molecule has 0 aromatic heterocycles. The minimum absolute atomic E-state index is 0.276. The molecule has 0 aliphatic carbocycles. The van der Waals surface area contributed by atoms with Gasteiger partial charge in [0.2, 0.25) is 0 Å². The lowest BCUT2D eigenvalue weighted by Gasteiger charge is -2.15. The van der Waals surface area contributed by atoms with Crippen molar-refractivity contribution in [1.82, 2.24) is 5.32 Å². The summed E-state index contributed by atoms with van der Waals surface area (Å²) >= 11 is 0. The van der Waals surface area contributed by atoms with Gasteiger partial charge in [0.15, 0.2) is 11.6 Å². The van der Waals surface area contributed by atoms with Gasteiger partial charge in [-0.1, -0.05) is 23.8 Å². The fraction of sp³-hybridized carbons (Fsp3) is 0.333. The zero-order valence-electron chi connectivity index (χ0n) is 13.1. The van der Waals surface area contributed by atoms with E-state index in [1.165, 1.54) is 28.3 Å². The number of hydrogen-bond acceptors (Lipinski definition) is 2. The monoisotopic (exact) mass is 305 g/mol. The van der Waals surface area contributed by atoms with E-state index in [1.54, 1.807) is 0 Å². The summed E-state index contributed by atoms with van der Waals surface area (Å²) in [4.78, 5) is 0. The predicted molar refractivity (Wildman–Crippen MR) is 83.7 cm³/mol. The van der Waals surface area contributed by atoms with Crippen LogP contribution in [0.2, 0.25) is 0 Å². The van der Waals surface area contributed by atoms with Crippen LogP contribution in [-0.4, -0.2) is 11.7 Å². The fourth-order valence-corrected chi connectivity index (χ4v) is 2.66. The Labute approximate surface area is 129 Å². The molecule has 0 aliphatic heterocycles. The smallest absolute Gasteiger partial charge is 0.159 e. The maximum atomic E-state index is 13.2. The van der Waals surface area contributed by atoms with Gasteiger partial charge >= 0.3 is 0 Å². The number of nitrogens with one attached hydrogen (secondary N) is 1. The third-order valence-corrected chi connectivity index (χ3v) is 3.81. The number of aliphatic hydroxyl groups excluding tert-OH is 1. The Morgan fingerprint density at radius 1 is 1.00 bits per heavy atom. The molecule has 0 unspecified atom stereocenters. The number of aryl methyl sites for hydroxylation is 3. The number of hydrogen-bond donors (Lipinski definition) is 2. The maximum Gasteiger partial charge on any atom is 0.159 e. The van der Waals surface area contributed by atoms with Crippen LogP contribution < -0.4 is 5.32 Å². The van der Waals surface area contributed by atoms with Gasteiger partial charge in [0.05, 0.1) is 6.10 Å². The Hall–Kier alpha value is -1.78. The molecule has 0 radical (unpaired) electrons. The standard InChI is InChI=1S/C18H21F2NO/c1-11-6-12(2)15(13(3)7-11)9-21-10-18(22)14-4-5-16(19)17(20)8-14/h4-8,18,21-22H,9-10H2,1-3H3/t18-/m1/s1. The SMILES string of the molecule is Cc1cc(C)c(CNC[C@@H](O)c2ccc(F)c(F)c2)c(C)c1. The molecule has 0 fully saturated rings. The number of aliphatic hydroxyl groups is 1. The zero-order valence-corrected chi connectivity index (χ0v) is 13.1. The van der Waals surface area contributed by atoms with Crippen LogP contribution in [0.15, 0.2) is 30.3 Å². The first-order valence-electron chi connectivity index (χ1n) is 7.29. The summed E-state index contributed by atoms with van der Waals surface area (Å²) in [6.45, 7) is 7.08. The van der Waals surface area contributed by atoms with Crippen LogP contribution >= 0.6 is 0 Å². The second-order valence-electron chi connectivity index (χ2n) is 5.70. The van der Waals surface area contributed by atoms with E-state index in [2.05, 4.69) is 38.2 Å². The van der Waals surface area contributed by atoms with Crippen LogP contribution in [0.25, 0.3) is 0 Å². The van der Waals surface area contributed by atoms with Crippen molar-refractivity contribution in [3.05, 3.63) is 69.8 Å². The van der Waals surface area contributed by atoms with Crippen molar-refractivity contribution in [2.24, 2.45) is 0 Å². The van der Waals surface area contributed by atoms with Gasteiger partial charge in [-0.25, -0.2) is 8.78 Å². The first-order valence-corrected chi connectivity index (χ1v) is 7.29. The Morgan fingerprint density at radius 3 is 2.23 bits per heavy atom. The fourth-order valence-electron chi connectivity index (χ4n) is 2.66. The van der Waals surface area contributed by atoms with Gasteiger partial charge in [-0.2, -0.15) is 0 Å². The summed E-state index contributed by atoms with van der Waals surface area (Å²) in [6.07, 6.45) is -0.874. The molecule has 2 aromatic rings. The molecular formula is C18H21F2NO. The molecule has 0 bridgehead atoms. The zero-order chi connectivity index (χ0) is 16.3. The third-order valence-electron chi connectivity index (χ3n) is 3.81. The van der Waals surface area contributed by atoms with E-state index >= 15 is 0 Å². The minimum Gasteiger partial charge on any atom is -0.387 e. The molecule has 2 aromatic carbocycles. The lowest BCUT2D eigenvalue weighted by Crippen LogP contribution is -2.22. The van der Waals surface area contributed by atoms with Crippen molar-refractivity contribution in [1.29, 1.82) is 0 Å². The molecule has 0 saturated heterocycles. The average Bonchev–Trinajstić information content (AvgIpc) is 2.44. The Morgan fingerprint density at radius 2 is 1.64 bits per heavy atom. The van der Waals surface area contributed by atoms with Crippen molar-refractivity contribution >= 4 is 0 Å². The molecule has 0 heterocycles. The van der Waals surface area contributed by atoms with Crippen molar-refractivity contribution in [2.45, 2.75) is 33.4 Å². The highest BCUT2D eigenvalue weighted by Gasteiger charge is 2.11. The van der Waals surface area contributed by atoms with Crippen LogP contribution in [0.4, 0.5) is 8.78 Å². The van der Waals surface area contributed by atoms with E-state index in [9.17, 15) is 13.9 Å². The third kappa shape index (κ3) is 3.90. The van der Waals surface area contributed by atoms with Crippen LogP contribution in [0, 0.1) is 32.4 Å². The molecule has 118 valence electrons. The predicted octanol–water partition coefficient (Wildman–Crippen LogP) is 3.71. The van der Waals surface area contributed by atoms with Crippen molar-refractivity contribution in [2.75, 3.05) is 6.54 Å². The van der Waals surface area contributed by atoms with Gasteiger partial charge in [-0.3, -0.25) is 0 Å². The first kappa shape index (κ1) is 16.6. The molecule has 0 amide bonds. The Bertz CT molecular complexity index is 647. The Kier molecular flexibility index (Phi) is 5.27. The highest BCUT2D eigenvalue weighted by Crippen LogP contribution is 2.18. The summed E-state index contributed by atoms with van der Waals surface area (Å²) in [6, 6.07) is 7.70. The molecule has 2 rings (SSSR count). The van der Waals surface area contributed by atoms with Gasteiger partial charge in [-0.15, -0.1) is 0 Å². The molecule has 2 N–H and O–H groups in total. The van der Waals surface area contributed by atoms with Crippen molar-refractivity contribution < 1.29 is 13.9 Å². The highest BCUT2D eigenvalue weighted by molar-refractivity contribution is 5.37. The van der Waals surface area contributed by atoms with Crippen molar-refractivity contribution in [3.63, 3.8) is 0 Å². The van der Waals surface area contributed by atoms with Gasteiger partial charge in [-0.05, 0) is 55.2 Å². The molecule has 0 saturated carbocycles. The maximum absolute atomic E-state index is 13.2. The summed E-state index contributed by atoms with van der Waals surface area (Å²) in [7, 11) is 0.